The number of nitriles is 1. The molecule has 0 bridgehead atoms. The summed E-state index contributed by atoms with van der Waals surface area (Å²) in [4.78, 5) is 10.3. The summed E-state index contributed by atoms with van der Waals surface area (Å²) in [6.07, 6.45) is 0. The number of aromatic nitrogens is 4. The molecule has 8 aromatic carbocycles. The molecular weight excluding hydrogens is 683 g/mol. The van der Waals surface area contributed by atoms with E-state index in [1.807, 2.05) is 42.5 Å². The van der Waals surface area contributed by atoms with E-state index in [9.17, 15) is 5.26 Å². The van der Waals surface area contributed by atoms with Crippen molar-refractivity contribution in [3.8, 4) is 51.3 Å². The number of rotatable bonds is 5. The molecule has 0 saturated carbocycles. The van der Waals surface area contributed by atoms with Crippen LogP contribution in [0.25, 0.3) is 99.7 Å². The van der Waals surface area contributed by atoms with Crippen LogP contribution in [0.3, 0.4) is 0 Å². The van der Waals surface area contributed by atoms with Crippen molar-refractivity contribution in [1.82, 2.24) is 19.1 Å². The Bertz CT molecular complexity index is 3350. The zero-order valence-electron chi connectivity index (χ0n) is 30.1. The first-order chi connectivity index (χ1) is 27.7. The van der Waals surface area contributed by atoms with Gasteiger partial charge in [0.25, 0.3) is 0 Å². The lowest BCUT2D eigenvalue weighted by Crippen LogP contribution is -2.01. The Morgan fingerprint density at radius 3 is 1.71 bits per heavy atom. The molecule has 11 rings (SSSR count). The van der Waals surface area contributed by atoms with E-state index in [1.165, 1.54) is 10.8 Å². The second-order valence-electron chi connectivity index (χ2n) is 14.1. The van der Waals surface area contributed by atoms with Crippen LogP contribution in [0.1, 0.15) is 5.56 Å². The van der Waals surface area contributed by atoms with Gasteiger partial charge in [0.2, 0.25) is 0 Å². The average molecular weight is 714 g/mol. The standard InChI is InChI=1S/C51H31N5/c52-32-43-48(36-25-24-33-14-10-11-17-35(33)30-36)53-51(34-15-4-1-5-16-34)54-49(43)37-26-28-45-42(31-37)47-46(55(45)38-18-6-2-7-19-38)29-27-41-40-22-12-13-23-44(40)56(50(41)47)39-20-8-3-9-21-39/h1-31H. The van der Waals surface area contributed by atoms with Gasteiger partial charge in [-0.05, 0) is 65.4 Å². The van der Waals surface area contributed by atoms with E-state index in [1.54, 1.807) is 0 Å². The van der Waals surface area contributed by atoms with Gasteiger partial charge in [-0.3, -0.25) is 0 Å². The summed E-state index contributed by atoms with van der Waals surface area (Å²) < 4.78 is 4.74. The highest BCUT2D eigenvalue weighted by Crippen LogP contribution is 2.43. The van der Waals surface area contributed by atoms with Crippen LogP contribution in [-0.4, -0.2) is 19.1 Å². The van der Waals surface area contributed by atoms with E-state index >= 15 is 0 Å². The van der Waals surface area contributed by atoms with Crippen LogP contribution in [0, 0.1) is 11.3 Å². The monoisotopic (exact) mass is 713 g/mol. The molecule has 0 atom stereocenters. The average Bonchev–Trinajstić information content (AvgIpc) is 3.79. The molecule has 11 aromatic rings. The van der Waals surface area contributed by atoms with Gasteiger partial charge in [-0.15, -0.1) is 0 Å². The van der Waals surface area contributed by atoms with Crippen molar-refractivity contribution in [2.75, 3.05) is 0 Å². The van der Waals surface area contributed by atoms with Crippen LogP contribution in [0.4, 0.5) is 0 Å². The summed E-state index contributed by atoms with van der Waals surface area (Å²) in [6.45, 7) is 0. The van der Waals surface area contributed by atoms with E-state index in [0.29, 0.717) is 22.8 Å². The van der Waals surface area contributed by atoms with Crippen LogP contribution < -0.4 is 0 Å². The molecule has 0 unspecified atom stereocenters. The maximum absolute atomic E-state index is 11.0. The number of fused-ring (bicyclic) bond motifs is 8. The smallest absolute Gasteiger partial charge is 0.160 e. The van der Waals surface area contributed by atoms with Crippen molar-refractivity contribution in [3.63, 3.8) is 0 Å². The van der Waals surface area contributed by atoms with Crippen LogP contribution in [0.2, 0.25) is 0 Å². The lowest BCUT2D eigenvalue weighted by molar-refractivity contribution is 1.17. The van der Waals surface area contributed by atoms with E-state index < -0.39 is 0 Å². The zero-order chi connectivity index (χ0) is 37.2. The SMILES string of the molecule is N#Cc1c(-c2ccc3ccccc3c2)nc(-c2ccccc2)nc1-c1ccc2c(c1)c1c(ccc3c4ccccc4n(-c4ccccc4)c31)n2-c1ccccc1. The molecule has 0 fully saturated rings. The van der Waals surface area contributed by atoms with Crippen LogP contribution >= 0.6 is 0 Å². The first kappa shape index (κ1) is 31.7. The second kappa shape index (κ2) is 12.7. The third-order valence-electron chi connectivity index (χ3n) is 10.9. The summed E-state index contributed by atoms with van der Waals surface area (Å²) in [7, 11) is 0. The molecule has 3 aromatic heterocycles. The molecule has 0 aliphatic rings. The fourth-order valence-corrected chi connectivity index (χ4v) is 8.45. The van der Waals surface area contributed by atoms with Gasteiger partial charge in [-0.2, -0.15) is 5.26 Å². The van der Waals surface area contributed by atoms with Gasteiger partial charge in [-0.25, -0.2) is 9.97 Å². The van der Waals surface area contributed by atoms with Crippen molar-refractivity contribution in [3.05, 3.63) is 194 Å². The van der Waals surface area contributed by atoms with Crippen LogP contribution in [0.5, 0.6) is 0 Å². The Kier molecular flexibility index (Phi) is 7.16. The fourth-order valence-electron chi connectivity index (χ4n) is 8.45. The number of hydrogen-bond acceptors (Lipinski definition) is 3. The van der Waals surface area contributed by atoms with Crippen LogP contribution in [-0.2, 0) is 0 Å². The van der Waals surface area contributed by atoms with E-state index in [0.717, 1.165) is 71.7 Å². The molecule has 0 N–H and O–H groups in total. The summed E-state index contributed by atoms with van der Waals surface area (Å²) >= 11 is 0. The summed E-state index contributed by atoms with van der Waals surface area (Å²) in [5.74, 6) is 0.571. The Morgan fingerprint density at radius 2 is 0.982 bits per heavy atom. The van der Waals surface area contributed by atoms with Gasteiger partial charge >= 0.3 is 0 Å². The summed E-state index contributed by atoms with van der Waals surface area (Å²) in [6, 6.07) is 67.9. The molecule has 0 spiro atoms. The molecule has 5 nitrogen and oxygen atoms in total. The van der Waals surface area contributed by atoms with Gasteiger partial charge in [0.15, 0.2) is 5.82 Å². The minimum absolute atomic E-state index is 0.439. The molecule has 0 radical (unpaired) electrons. The minimum Gasteiger partial charge on any atom is -0.309 e. The van der Waals surface area contributed by atoms with Crippen molar-refractivity contribution < 1.29 is 0 Å². The summed E-state index contributed by atoms with van der Waals surface area (Å²) in [5, 5.41) is 17.8. The molecule has 0 aliphatic carbocycles. The Hall–Kier alpha value is -7.81. The molecule has 0 saturated heterocycles. The van der Waals surface area contributed by atoms with Gasteiger partial charge in [0, 0.05) is 49.6 Å². The van der Waals surface area contributed by atoms with Crippen molar-refractivity contribution in [2.45, 2.75) is 0 Å². The normalized spacial score (nSPS) is 11.6. The predicted octanol–water partition coefficient (Wildman–Crippen LogP) is 12.7. The highest BCUT2D eigenvalue weighted by atomic mass is 15.0. The summed E-state index contributed by atoms with van der Waals surface area (Å²) in [5.41, 5.74) is 10.9. The maximum Gasteiger partial charge on any atom is 0.160 e. The Morgan fingerprint density at radius 1 is 0.411 bits per heavy atom. The molecule has 0 aliphatic heterocycles. The highest BCUT2D eigenvalue weighted by molar-refractivity contribution is 6.26. The second-order valence-corrected chi connectivity index (χ2v) is 14.1. The Balaban J connectivity index is 1.26. The molecule has 56 heavy (non-hydrogen) atoms. The van der Waals surface area contributed by atoms with Crippen molar-refractivity contribution in [2.24, 2.45) is 0 Å². The van der Waals surface area contributed by atoms with Gasteiger partial charge in [0.05, 0.1) is 33.5 Å². The largest absolute Gasteiger partial charge is 0.309 e. The topological polar surface area (TPSA) is 59.4 Å². The first-order valence-corrected chi connectivity index (χ1v) is 18.7. The quantitative estimate of drug-likeness (QED) is 0.178. The van der Waals surface area contributed by atoms with Gasteiger partial charge in [-0.1, -0.05) is 133 Å². The minimum atomic E-state index is 0.439. The van der Waals surface area contributed by atoms with E-state index in [4.69, 9.17) is 9.97 Å². The number of hydrogen-bond donors (Lipinski definition) is 0. The number of para-hydroxylation sites is 3. The highest BCUT2D eigenvalue weighted by Gasteiger charge is 2.23. The first-order valence-electron chi connectivity index (χ1n) is 18.7. The molecule has 260 valence electrons. The van der Waals surface area contributed by atoms with E-state index in [2.05, 4.69) is 161 Å². The van der Waals surface area contributed by atoms with E-state index in [-0.39, 0.29) is 0 Å². The predicted molar refractivity (Wildman–Crippen MR) is 229 cm³/mol. The fraction of sp³-hybridized carbons (Fsp3) is 0. The van der Waals surface area contributed by atoms with Gasteiger partial charge < -0.3 is 9.13 Å². The van der Waals surface area contributed by atoms with Crippen molar-refractivity contribution >= 4 is 54.4 Å². The number of nitrogens with zero attached hydrogens (tertiary/aromatic N) is 5. The Labute approximate surface area is 322 Å². The molecule has 0 amide bonds. The number of benzene rings is 8. The molecule has 5 heteroatoms. The van der Waals surface area contributed by atoms with Crippen LogP contribution in [0.15, 0.2) is 188 Å². The molecule has 3 heterocycles. The third-order valence-corrected chi connectivity index (χ3v) is 10.9. The zero-order valence-corrected chi connectivity index (χ0v) is 30.1. The van der Waals surface area contributed by atoms with Gasteiger partial charge in [0.1, 0.15) is 11.6 Å². The van der Waals surface area contributed by atoms with Crippen molar-refractivity contribution in [1.29, 1.82) is 5.26 Å². The molecular formula is C51H31N5. The maximum atomic E-state index is 11.0. The third kappa shape index (κ3) is 4.87. The lowest BCUT2D eigenvalue weighted by Gasteiger charge is -2.13. The lowest BCUT2D eigenvalue weighted by atomic mass is 9.97.